The minimum absolute atomic E-state index is 0.0456. The van der Waals surface area contributed by atoms with E-state index in [0.717, 1.165) is 17.4 Å². The van der Waals surface area contributed by atoms with Crippen LogP contribution in [0.25, 0.3) is 17.0 Å². The average molecular weight is 442 g/mol. The molecule has 2 aromatic heterocycles. The maximum Gasteiger partial charge on any atom is 0.252 e. The summed E-state index contributed by atoms with van der Waals surface area (Å²) in [5.41, 5.74) is 1.58. The first-order valence-corrected chi connectivity index (χ1v) is 9.66. The second kappa shape index (κ2) is 8.97. The molecule has 1 N–H and O–H groups in total. The van der Waals surface area contributed by atoms with Gasteiger partial charge in [0.25, 0.3) is 5.91 Å². The molecule has 4 aromatic rings. The summed E-state index contributed by atoms with van der Waals surface area (Å²) in [6.45, 7) is 0.378. The third kappa shape index (κ3) is 4.56. The van der Waals surface area contributed by atoms with Gasteiger partial charge in [0.05, 0.1) is 24.2 Å². The molecule has 10 heteroatoms. The Morgan fingerprint density at radius 3 is 2.68 bits per heavy atom. The van der Waals surface area contributed by atoms with Crippen LogP contribution in [0.3, 0.4) is 0 Å². The number of aromatic nitrogens is 4. The molecular formula is C21H17ClFN5O3. The quantitative estimate of drug-likeness (QED) is 0.442. The van der Waals surface area contributed by atoms with Gasteiger partial charge in [-0.3, -0.25) is 4.79 Å². The van der Waals surface area contributed by atoms with Gasteiger partial charge in [0.2, 0.25) is 5.88 Å². The summed E-state index contributed by atoms with van der Waals surface area (Å²) in [7, 11) is 1.60. The number of hydrogen-bond donors (Lipinski definition) is 1. The molecule has 2 aromatic carbocycles. The number of carbonyl (C=O) groups is 1. The number of fused-ring (bicyclic) bond motifs is 1. The number of carbonyl (C=O) groups excluding carboxylic acids is 1. The van der Waals surface area contributed by atoms with Gasteiger partial charge in [-0.2, -0.15) is 4.52 Å². The third-order valence-electron chi connectivity index (χ3n) is 4.40. The first kappa shape index (κ1) is 20.5. The van der Waals surface area contributed by atoms with Crippen molar-refractivity contribution in [2.75, 3.05) is 20.3 Å². The van der Waals surface area contributed by atoms with Gasteiger partial charge in [-0.05, 0) is 48.5 Å². The molecule has 0 atom stereocenters. The van der Waals surface area contributed by atoms with Crippen LogP contribution in [-0.2, 0) is 0 Å². The fourth-order valence-corrected chi connectivity index (χ4v) is 3.11. The monoisotopic (exact) mass is 441 g/mol. The second-order valence-corrected chi connectivity index (χ2v) is 6.83. The molecule has 0 saturated carbocycles. The molecular weight excluding hydrogens is 425 g/mol. The number of nitrogens with one attached hydrogen (secondary N) is 1. The molecule has 0 fully saturated rings. The highest BCUT2D eigenvalue weighted by Crippen LogP contribution is 2.22. The number of halogens is 2. The highest BCUT2D eigenvalue weighted by molar-refractivity contribution is 6.33. The lowest BCUT2D eigenvalue weighted by Crippen LogP contribution is -2.28. The standard InChI is InChI=1S/C21H17ClFN5O3/c1-30-15-5-2-13(3-6-15)20-26-25-18-8-9-19(27-28(18)20)31-11-10-24-21(29)16-7-4-14(23)12-17(16)22/h2-9,12H,10-11H2,1H3,(H,24,29). The number of benzene rings is 2. The van der Waals surface area contributed by atoms with Crippen LogP contribution in [0.5, 0.6) is 11.6 Å². The lowest BCUT2D eigenvalue weighted by molar-refractivity contribution is 0.0946. The molecule has 0 aliphatic heterocycles. The van der Waals surface area contributed by atoms with E-state index in [-0.39, 0.29) is 23.7 Å². The first-order chi connectivity index (χ1) is 15.0. The van der Waals surface area contributed by atoms with Gasteiger partial charge in [0.1, 0.15) is 18.2 Å². The number of hydrogen-bond acceptors (Lipinski definition) is 6. The summed E-state index contributed by atoms with van der Waals surface area (Å²) in [5, 5.41) is 15.4. The van der Waals surface area contributed by atoms with Crippen molar-refractivity contribution in [2.24, 2.45) is 0 Å². The number of nitrogens with zero attached hydrogens (tertiary/aromatic N) is 4. The minimum Gasteiger partial charge on any atom is -0.497 e. The molecule has 0 radical (unpaired) electrons. The van der Waals surface area contributed by atoms with E-state index in [1.54, 1.807) is 23.8 Å². The molecule has 1 amide bonds. The summed E-state index contributed by atoms with van der Waals surface area (Å²) < 4.78 is 25.5. The van der Waals surface area contributed by atoms with Gasteiger partial charge < -0.3 is 14.8 Å². The Bertz CT molecular complexity index is 1230. The average Bonchev–Trinajstić information content (AvgIpc) is 3.20. The Kier molecular flexibility index (Phi) is 5.94. The Morgan fingerprint density at radius 1 is 1.13 bits per heavy atom. The van der Waals surface area contributed by atoms with Crippen LogP contribution in [0.4, 0.5) is 4.39 Å². The van der Waals surface area contributed by atoms with E-state index in [1.165, 1.54) is 12.1 Å². The maximum absolute atomic E-state index is 13.1. The lowest BCUT2D eigenvalue weighted by Gasteiger charge is -2.08. The largest absolute Gasteiger partial charge is 0.497 e. The smallest absolute Gasteiger partial charge is 0.252 e. The van der Waals surface area contributed by atoms with Crippen LogP contribution in [0.2, 0.25) is 5.02 Å². The van der Waals surface area contributed by atoms with Crippen molar-refractivity contribution < 1.29 is 18.7 Å². The molecule has 158 valence electrons. The fourth-order valence-electron chi connectivity index (χ4n) is 2.86. The van der Waals surface area contributed by atoms with Gasteiger partial charge in [-0.15, -0.1) is 15.3 Å². The van der Waals surface area contributed by atoms with Crippen LogP contribution in [0.15, 0.2) is 54.6 Å². The molecule has 0 unspecified atom stereocenters. The van der Waals surface area contributed by atoms with E-state index < -0.39 is 11.7 Å². The zero-order valence-electron chi connectivity index (χ0n) is 16.4. The van der Waals surface area contributed by atoms with Crippen LogP contribution in [-0.4, -0.2) is 46.0 Å². The number of ether oxygens (including phenoxy) is 2. The molecule has 31 heavy (non-hydrogen) atoms. The van der Waals surface area contributed by atoms with E-state index in [2.05, 4.69) is 20.6 Å². The number of methoxy groups -OCH3 is 1. The second-order valence-electron chi connectivity index (χ2n) is 6.42. The zero-order chi connectivity index (χ0) is 21.8. The maximum atomic E-state index is 13.1. The number of rotatable bonds is 7. The Morgan fingerprint density at radius 2 is 1.94 bits per heavy atom. The Hall–Kier alpha value is -3.72. The highest BCUT2D eigenvalue weighted by atomic mass is 35.5. The SMILES string of the molecule is COc1ccc(-c2nnc3ccc(OCCNC(=O)c4ccc(F)cc4Cl)nn23)cc1. The van der Waals surface area contributed by atoms with Crippen LogP contribution in [0.1, 0.15) is 10.4 Å². The van der Waals surface area contributed by atoms with E-state index in [9.17, 15) is 9.18 Å². The van der Waals surface area contributed by atoms with Crippen LogP contribution >= 0.6 is 11.6 Å². The number of amides is 1. The van der Waals surface area contributed by atoms with E-state index >= 15 is 0 Å². The van der Waals surface area contributed by atoms with Crippen molar-refractivity contribution in [3.63, 3.8) is 0 Å². The van der Waals surface area contributed by atoms with Gasteiger partial charge >= 0.3 is 0 Å². The molecule has 4 rings (SSSR count). The van der Waals surface area contributed by atoms with Crippen molar-refractivity contribution in [3.05, 3.63) is 71.0 Å². The summed E-state index contributed by atoms with van der Waals surface area (Å²) in [6.07, 6.45) is 0. The summed E-state index contributed by atoms with van der Waals surface area (Å²) in [5.74, 6) is 0.712. The van der Waals surface area contributed by atoms with Crippen LogP contribution < -0.4 is 14.8 Å². The summed E-state index contributed by atoms with van der Waals surface area (Å²) in [4.78, 5) is 12.2. The van der Waals surface area contributed by atoms with Crippen molar-refractivity contribution in [3.8, 4) is 23.0 Å². The summed E-state index contributed by atoms with van der Waals surface area (Å²) >= 11 is 5.90. The Balaban J connectivity index is 1.40. The minimum atomic E-state index is -0.505. The predicted octanol–water partition coefficient (Wildman–Crippen LogP) is 3.40. The van der Waals surface area contributed by atoms with Crippen LogP contribution in [0, 0.1) is 5.82 Å². The molecule has 2 heterocycles. The zero-order valence-corrected chi connectivity index (χ0v) is 17.1. The molecule has 8 nitrogen and oxygen atoms in total. The van der Waals surface area contributed by atoms with E-state index in [4.69, 9.17) is 21.1 Å². The molecule has 0 aliphatic carbocycles. The molecule has 0 bridgehead atoms. The first-order valence-electron chi connectivity index (χ1n) is 9.28. The van der Waals surface area contributed by atoms with Gasteiger partial charge in [0, 0.05) is 11.6 Å². The van der Waals surface area contributed by atoms with E-state index in [1.807, 2.05) is 24.3 Å². The molecule has 0 aliphatic rings. The van der Waals surface area contributed by atoms with E-state index in [0.29, 0.717) is 17.4 Å². The van der Waals surface area contributed by atoms with Gasteiger partial charge in [0.15, 0.2) is 11.5 Å². The van der Waals surface area contributed by atoms with Crippen molar-refractivity contribution in [1.82, 2.24) is 25.1 Å². The normalized spacial score (nSPS) is 10.8. The van der Waals surface area contributed by atoms with Crippen molar-refractivity contribution in [1.29, 1.82) is 0 Å². The van der Waals surface area contributed by atoms with Crippen molar-refractivity contribution in [2.45, 2.75) is 0 Å². The van der Waals surface area contributed by atoms with Gasteiger partial charge in [-0.25, -0.2) is 4.39 Å². The van der Waals surface area contributed by atoms with Crippen molar-refractivity contribution >= 4 is 23.2 Å². The Labute approximate surface area is 181 Å². The lowest BCUT2D eigenvalue weighted by atomic mass is 10.2. The topological polar surface area (TPSA) is 90.6 Å². The highest BCUT2D eigenvalue weighted by Gasteiger charge is 2.12. The predicted molar refractivity (Wildman–Crippen MR) is 112 cm³/mol. The molecule has 0 spiro atoms. The fraction of sp³-hybridized carbons (Fsp3) is 0.143. The van der Waals surface area contributed by atoms with Gasteiger partial charge in [-0.1, -0.05) is 11.6 Å². The molecule has 0 saturated heterocycles. The summed E-state index contributed by atoms with van der Waals surface area (Å²) in [6, 6.07) is 14.4. The third-order valence-corrected chi connectivity index (χ3v) is 4.71.